The minimum absolute atomic E-state index is 0.547. The molecular weight excluding hydrogens is 937 g/mol. The zero-order valence-electron chi connectivity index (χ0n) is 42.0. The number of aromatic nitrogens is 8. The molecule has 8 rings (SSSR count). The Kier molecular flexibility index (Phi) is 32.8. The van der Waals surface area contributed by atoms with Crippen molar-refractivity contribution in [2.75, 3.05) is 0 Å². The Morgan fingerprint density at radius 2 is 1.27 bits per heavy atom. The zero-order valence-corrected chi connectivity index (χ0v) is 46.1. The van der Waals surface area contributed by atoms with E-state index in [0.717, 1.165) is 29.4 Å². The first kappa shape index (κ1) is 59.4. The summed E-state index contributed by atoms with van der Waals surface area (Å²) in [5, 5.41) is 20.3. The number of pyridine rings is 2. The third kappa shape index (κ3) is 28.4. The van der Waals surface area contributed by atoms with E-state index in [-0.39, 0.29) is 0 Å². The van der Waals surface area contributed by atoms with Crippen molar-refractivity contribution in [2.24, 2.45) is 7.05 Å². The van der Waals surface area contributed by atoms with E-state index in [1.807, 2.05) is 83.9 Å². The first-order chi connectivity index (χ1) is 31.6. The van der Waals surface area contributed by atoms with Crippen molar-refractivity contribution in [1.29, 1.82) is 0 Å². The van der Waals surface area contributed by atoms with Crippen molar-refractivity contribution in [3.05, 3.63) is 186 Å². The molecule has 0 aliphatic carbocycles. The van der Waals surface area contributed by atoms with E-state index in [0.29, 0.717) is 29.6 Å². The lowest BCUT2D eigenvalue weighted by Gasteiger charge is -2.03. The van der Waals surface area contributed by atoms with Crippen LogP contribution in [0.25, 0.3) is 0 Å². The van der Waals surface area contributed by atoms with Crippen LogP contribution in [-0.2, 0) is 26.3 Å². The highest BCUT2D eigenvalue weighted by Crippen LogP contribution is 2.18. The molecule has 0 atom stereocenters. The van der Waals surface area contributed by atoms with E-state index in [4.69, 9.17) is 0 Å². The van der Waals surface area contributed by atoms with E-state index < -0.39 is 0 Å². The molecule has 7 aromatic heterocycles. The summed E-state index contributed by atoms with van der Waals surface area (Å²) in [7, 11) is 1.94. The monoisotopic (exact) mass is 1010 g/mol. The number of thiophene rings is 1. The third-order valence-corrected chi connectivity index (χ3v) is 12.1. The van der Waals surface area contributed by atoms with Crippen molar-refractivity contribution in [3.8, 4) is 0 Å². The van der Waals surface area contributed by atoms with Gasteiger partial charge in [-0.2, -0.15) is 21.5 Å². The largest absolute Gasteiger partial charge is 0.283 e. The van der Waals surface area contributed by atoms with Gasteiger partial charge in [-0.25, -0.2) is 9.97 Å². The van der Waals surface area contributed by atoms with Gasteiger partial charge < -0.3 is 0 Å². The molecule has 0 bridgehead atoms. The molecule has 0 aliphatic rings. The van der Waals surface area contributed by atoms with Crippen LogP contribution in [0.4, 0.5) is 0 Å². The number of nitrogens with one attached hydrogen (secondary N) is 1. The van der Waals surface area contributed by atoms with E-state index in [1.165, 1.54) is 38.6 Å². The average molecular weight is 1010 g/mol. The molecular formula is C54H77BrN8S3. The maximum atomic E-state index is 4.18. The zero-order chi connectivity index (χ0) is 49.1. The minimum atomic E-state index is 0.547. The summed E-state index contributed by atoms with van der Waals surface area (Å²) in [5.74, 6) is 3.07. The molecule has 0 unspecified atom stereocenters. The highest BCUT2D eigenvalue weighted by atomic mass is 79.9. The van der Waals surface area contributed by atoms with Gasteiger partial charge in [0.2, 0.25) is 0 Å². The normalized spacial score (nSPS) is 10.0. The Hall–Kier alpha value is -4.62. The quantitative estimate of drug-likeness (QED) is 0.163. The fraction of sp³-hybridized carbons (Fsp3) is 0.407. The van der Waals surface area contributed by atoms with Gasteiger partial charge >= 0.3 is 0 Å². The van der Waals surface area contributed by atoms with Crippen LogP contribution in [0, 0.1) is 0 Å². The van der Waals surface area contributed by atoms with Gasteiger partial charge in [0, 0.05) is 70.8 Å². The molecule has 66 heavy (non-hydrogen) atoms. The molecule has 0 saturated heterocycles. The summed E-state index contributed by atoms with van der Waals surface area (Å²) < 4.78 is 2.98. The smallest absolute Gasteiger partial charge is 0.0922 e. The maximum Gasteiger partial charge on any atom is 0.0922 e. The molecule has 8 nitrogen and oxygen atoms in total. The van der Waals surface area contributed by atoms with Crippen LogP contribution >= 0.6 is 49.9 Å². The van der Waals surface area contributed by atoms with Crippen LogP contribution in [0.1, 0.15) is 164 Å². The van der Waals surface area contributed by atoms with Gasteiger partial charge in [-0.3, -0.25) is 19.7 Å². The van der Waals surface area contributed by atoms with Gasteiger partial charge in [-0.1, -0.05) is 130 Å². The predicted octanol–water partition coefficient (Wildman–Crippen LogP) is 16.8. The molecule has 0 spiro atoms. The number of nitrogens with zero attached hydrogens (tertiary/aromatic N) is 7. The van der Waals surface area contributed by atoms with Crippen LogP contribution in [0.5, 0.6) is 0 Å². The summed E-state index contributed by atoms with van der Waals surface area (Å²) in [6.07, 6.45) is 16.3. The standard InChI is InChI=1S/C9H11Br.2C8H11N.C7H12N2.C7H10S.C5H8N2.2C5H7NS/c1-7(2)8-3-5-9(10)6-4-8;1-7(2)8-4-3-5-9-6-8;1-7(2)8-5-3-4-6-9-8;1-6(2)7-4-8-9(3)5-7;1-6(2)7-3-4-8-5-7;1-2-5-3-4-6-7-5;1-2-5-3-7-4-6-5;1-2-5-6-3-4-7-5/h3-7H,1-2H3;2*3-7H,1-2H3;4-6H,1-3H3;3-6H,1-2H3;3-4H,2H2,1H3,(H,6,7);2*3-4H,2H2,1H3. The van der Waals surface area contributed by atoms with Crippen LogP contribution in [0.15, 0.2) is 142 Å². The fourth-order valence-electron chi connectivity index (χ4n) is 4.95. The number of aryl methyl sites for hydroxylation is 4. The van der Waals surface area contributed by atoms with Gasteiger partial charge in [0.1, 0.15) is 0 Å². The summed E-state index contributed by atoms with van der Waals surface area (Å²) in [4.78, 5) is 16.3. The van der Waals surface area contributed by atoms with E-state index in [1.54, 1.807) is 46.4 Å². The molecule has 1 aromatic carbocycles. The van der Waals surface area contributed by atoms with E-state index in [9.17, 15) is 0 Å². The number of hydrogen-bond acceptors (Lipinski definition) is 9. The fourth-order valence-corrected chi connectivity index (χ4v) is 7.24. The Balaban J connectivity index is 0.000000378. The molecule has 0 amide bonds. The topological polar surface area (TPSA) is 98.1 Å². The number of benzene rings is 1. The van der Waals surface area contributed by atoms with Crippen LogP contribution < -0.4 is 0 Å². The van der Waals surface area contributed by atoms with Gasteiger partial charge in [-0.15, -0.1) is 22.7 Å². The molecule has 358 valence electrons. The lowest BCUT2D eigenvalue weighted by molar-refractivity contribution is 0.764. The summed E-state index contributed by atoms with van der Waals surface area (Å²) in [6, 6.07) is 22.7. The highest BCUT2D eigenvalue weighted by molar-refractivity contribution is 9.10. The number of halogens is 1. The number of rotatable bonds is 8. The lowest BCUT2D eigenvalue weighted by atomic mass is 10.0. The average Bonchev–Trinajstić information content (AvgIpc) is 4.20. The Labute approximate surface area is 419 Å². The van der Waals surface area contributed by atoms with Crippen molar-refractivity contribution in [2.45, 2.75) is 139 Å². The number of hydrogen-bond donors (Lipinski definition) is 1. The molecule has 8 aromatic rings. The van der Waals surface area contributed by atoms with E-state index in [2.05, 4.69) is 194 Å². The third-order valence-electron chi connectivity index (χ3n) is 9.34. The highest BCUT2D eigenvalue weighted by Gasteiger charge is 2.00. The number of H-pyrrole nitrogens is 1. The SMILES string of the molecule is CC(C)c1ccc(Br)cc1.CC(C)c1ccccn1.CC(C)c1cccnc1.CC(C)c1ccsc1.CC(C)c1cnn(C)c1.CCc1ccn[nH]1.CCc1cscn1.CCc1nccs1. The number of thiazole rings is 2. The Morgan fingerprint density at radius 1 is 0.576 bits per heavy atom. The second-order valence-electron chi connectivity index (χ2n) is 16.4. The van der Waals surface area contributed by atoms with Crippen molar-refractivity contribution in [3.63, 3.8) is 0 Å². The maximum absolute atomic E-state index is 4.18. The Bertz CT molecular complexity index is 2080. The van der Waals surface area contributed by atoms with Gasteiger partial charge in [0.15, 0.2) is 0 Å². The Morgan fingerprint density at radius 3 is 1.58 bits per heavy atom. The van der Waals surface area contributed by atoms with Gasteiger partial charge in [0.05, 0.1) is 22.4 Å². The first-order valence-corrected chi connectivity index (χ1v) is 26.5. The summed E-state index contributed by atoms with van der Waals surface area (Å²) >= 11 is 8.53. The molecule has 0 aliphatic heterocycles. The van der Waals surface area contributed by atoms with E-state index >= 15 is 0 Å². The molecule has 1 N–H and O–H groups in total. The van der Waals surface area contributed by atoms with Crippen LogP contribution in [0.2, 0.25) is 0 Å². The minimum Gasteiger partial charge on any atom is -0.283 e. The summed E-state index contributed by atoms with van der Waals surface area (Å²) in [5.41, 5.74) is 10.9. The molecule has 0 fully saturated rings. The molecule has 0 radical (unpaired) electrons. The second kappa shape index (κ2) is 36.5. The summed E-state index contributed by atoms with van der Waals surface area (Å²) in [6.45, 7) is 28.1. The number of aromatic amines is 1. The van der Waals surface area contributed by atoms with Gasteiger partial charge in [-0.05, 0) is 124 Å². The van der Waals surface area contributed by atoms with Gasteiger partial charge in [0.25, 0.3) is 0 Å². The van der Waals surface area contributed by atoms with Crippen LogP contribution in [-0.4, -0.2) is 39.9 Å². The van der Waals surface area contributed by atoms with Crippen LogP contribution in [0.3, 0.4) is 0 Å². The van der Waals surface area contributed by atoms with Crippen molar-refractivity contribution >= 4 is 49.9 Å². The van der Waals surface area contributed by atoms with Crippen molar-refractivity contribution < 1.29 is 0 Å². The molecule has 12 heteroatoms. The second-order valence-corrected chi connectivity index (χ2v) is 19.8. The molecule has 7 heterocycles. The molecule has 0 saturated carbocycles. The first-order valence-electron chi connectivity index (χ1n) is 22.9. The predicted molar refractivity (Wildman–Crippen MR) is 292 cm³/mol. The van der Waals surface area contributed by atoms with Crippen molar-refractivity contribution in [1.82, 2.24) is 39.9 Å². The lowest BCUT2D eigenvalue weighted by Crippen LogP contribution is -1.88.